The number of rotatable bonds is 6. The van der Waals surface area contributed by atoms with E-state index in [1.807, 2.05) is 45.0 Å². The van der Waals surface area contributed by atoms with E-state index >= 15 is 0 Å². The summed E-state index contributed by atoms with van der Waals surface area (Å²) in [6.45, 7) is 6.09. The molecule has 0 aliphatic carbocycles. The van der Waals surface area contributed by atoms with Gasteiger partial charge >= 0.3 is 11.8 Å². The molecular weight excluding hydrogens is 342 g/mol. The zero-order valence-corrected chi connectivity index (χ0v) is 15.8. The van der Waals surface area contributed by atoms with Gasteiger partial charge < -0.3 is 16.0 Å². The fourth-order valence-corrected chi connectivity index (χ4v) is 2.46. The Balaban J connectivity index is 2.04. The van der Waals surface area contributed by atoms with Gasteiger partial charge in [0.15, 0.2) is 0 Å². The Morgan fingerprint density at radius 3 is 2.44 bits per heavy atom. The second-order valence-corrected chi connectivity index (χ2v) is 6.45. The molecule has 0 saturated heterocycles. The van der Waals surface area contributed by atoms with Crippen LogP contribution in [0.25, 0.3) is 0 Å². The van der Waals surface area contributed by atoms with Crippen LogP contribution < -0.4 is 16.0 Å². The molecule has 0 radical (unpaired) electrons. The minimum absolute atomic E-state index is 0.101. The van der Waals surface area contributed by atoms with Crippen molar-refractivity contribution < 1.29 is 14.4 Å². The molecule has 142 valence electrons. The van der Waals surface area contributed by atoms with E-state index in [0.717, 1.165) is 17.5 Å². The second kappa shape index (κ2) is 9.52. The maximum absolute atomic E-state index is 12.5. The number of nitrogens with one attached hydrogen (secondary N) is 3. The summed E-state index contributed by atoms with van der Waals surface area (Å²) in [6.07, 6.45) is 0.719. The molecule has 0 saturated carbocycles. The maximum Gasteiger partial charge on any atom is 0.313 e. The van der Waals surface area contributed by atoms with E-state index < -0.39 is 11.8 Å². The summed E-state index contributed by atoms with van der Waals surface area (Å²) in [7, 11) is 0. The van der Waals surface area contributed by atoms with Crippen LogP contribution in [0.4, 0.5) is 5.69 Å². The van der Waals surface area contributed by atoms with Gasteiger partial charge in [-0.3, -0.25) is 14.4 Å². The van der Waals surface area contributed by atoms with Gasteiger partial charge in [-0.15, -0.1) is 0 Å². The van der Waals surface area contributed by atoms with Crippen molar-refractivity contribution in [3.63, 3.8) is 0 Å². The van der Waals surface area contributed by atoms with Gasteiger partial charge in [0, 0.05) is 12.6 Å². The molecule has 2 aromatic rings. The average molecular weight is 367 g/mol. The van der Waals surface area contributed by atoms with E-state index in [1.165, 1.54) is 0 Å². The van der Waals surface area contributed by atoms with Crippen LogP contribution in [0.2, 0.25) is 0 Å². The molecule has 3 amide bonds. The van der Waals surface area contributed by atoms with Crippen LogP contribution in [0.3, 0.4) is 0 Å². The molecule has 0 heterocycles. The average Bonchev–Trinajstić information content (AvgIpc) is 2.66. The van der Waals surface area contributed by atoms with Gasteiger partial charge in [-0.05, 0) is 38.0 Å². The molecule has 2 rings (SSSR count). The monoisotopic (exact) mass is 367 g/mol. The Hall–Kier alpha value is -3.15. The Bertz CT molecular complexity index is 833. The molecule has 2 aromatic carbocycles. The number of carbonyl (C=O) groups is 3. The third-order valence-corrected chi connectivity index (χ3v) is 4.15. The van der Waals surface area contributed by atoms with E-state index in [4.69, 9.17) is 0 Å². The number of benzene rings is 2. The number of anilines is 1. The summed E-state index contributed by atoms with van der Waals surface area (Å²) in [4.78, 5) is 36.6. The molecule has 0 unspecified atom stereocenters. The molecule has 6 nitrogen and oxygen atoms in total. The van der Waals surface area contributed by atoms with Gasteiger partial charge in [0.25, 0.3) is 5.91 Å². The fourth-order valence-electron chi connectivity index (χ4n) is 2.46. The molecule has 0 aliphatic rings. The molecule has 27 heavy (non-hydrogen) atoms. The lowest BCUT2D eigenvalue weighted by molar-refractivity contribution is -0.136. The minimum Gasteiger partial charge on any atom is -0.348 e. The van der Waals surface area contributed by atoms with Gasteiger partial charge in [-0.1, -0.05) is 48.9 Å². The molecule has 0 spiro atoms. The second-order valence-electron chi connectivity index (χ2n) is 6.45. The van der Waals surface area contributed by atoms with Crippen LogP contribution in [0.1, 0.15) is 41.8 Å². The van der Waals surface area contributed by atoms with Crippen molar-refractivity contribution >= 4 is 23.4 Å². The zero-order valence-electron chi connectivity index (χ0n) is 15.8. The minimum atomic E-state index is -0.797. The van der Waals surface area contributed by atoms with Crippen LogP contribution >= 0.6 is 0 Å². The summed E-state index contributed by atoms with van der Waals surface area (Å²) in [5, 5.41) is 7.95. The lowest BCUT2D eigenvalue weighted by Crippen LogP contribution is -2.40. The van der Waals surface area contributed by atoms with Crippen LogP contribution in [0.5, 0.6) is 0 Å². The Labute approximate surface area is 159 Å². The molecule has 0 aliphatic heterocycles. The van der Waals surface area contributed by atoms with E-state index in [-0.39, 0.29) is 11.9 Å². The molecular formula is C21H25N3O3. The van der Waals surface area contributed by atoms with Crippen molar-refractivity contribution in [1.82, 2.24) is 10.6 Å². The maximum atomic E-state index is 12.5. The van der Waals surface area contributed by atoms with Crippen LogP contribution in [0.15, 0.2) is 48.5 Å². The molecule has 1 atom stereocenters. The molecule has 0 aromatic heterocycles. The quantitative estimate of drug-likeness (QED) is 0.686. The lowest BCUT2D eigenvalue weighted by Gasteiger charge is -2.13. The predicted octanol–water partition coefficient (Wildman–Crippen LogP) is 2.78. The predicted molar refractivity (Wildman–Crippen MR) is 105 cm³/mol. The van der Waals surface area contributed by atoms with Gasteiger partial charge in [-0.2, -0.15) is 0 Å². The lowest BCUT2D eigenvalue weighted by atomic mass is 10.1. The van der Waals surface area contributed by atoms with E-state index in [0.29, 0.717) is 17.8 Å². The number of carbonyl (C=O) groups excluding carboxylic acids is 3. The third kappa shape index (κ3) is 5.95. The highest BCUT2D eigenvalue weighted by Gasteiger charge is 2.18. The first-order chi connectivity index (χ1) is 12.9. The van der Waals surface area contributed by atoms with Crippen LogP contribution in [-0.2, 0) is 16.1 Å². The Morgan fingerprint density at radius 1 is 1.00 bits per heavy atom. The van der Waals surface area contributed by atoms with Crippen molar-refractivity contribution in [1.29, 1.82) is 0 Å². The van der Waals surface area contributed by atoms with Crippen molar-refractivity contribution in [3.8, 4) is 0 Å². The smallest absolute Gasteiger partial charge is 0.313 e. The number of para-hydroxylation sites is 1. The summed E-state index contributed by atoms with van der Waals surface area (Å²) in [6, 6.07) is 14.3. The Kier molecular flexibility index (Phi) is 7.11. The number of hydrogen-bond donors (Lipinski definition) is 3. The SMILES string of the molecule is CC[C@@H](C)NC(=O)C(=O)Nc1ccccc1C(=O)NCc1cccc(C)c1. The van der Waals surface area contributed by atoms with Crippen molar-refractivity contribution in [2.45, 2.75) is 39.8 Å². The number of aryl methyl sites for hydroxylation is 1. The fraction of sp³-hybridized carbons (Fsp3) is 0.286. The van der Waals surface area contributed by atoms with Gasteiger partial charge in [0.1, 0.15) is 0 Å². The highest BCUT2D eigenvalue weighted by atomic mass is 16.2. The van der Waals surface area contributed by atoms with Crippen molar-refractivity contribution in [3.05, 3.63) is 65.2 Å². The number of amides is 3. The molecule has 0 fully saturated rings. The van der Waals surface area contributed by atoms with E-state index in [1.54, 1.807) is 24.3 Å². The van der Waals surface area contributed by atoms with Crippen molar-refractivity contribution in [2.24, 2.45) is 0 Å². The molecule has 6 heteroatoms. The highest BCUT2D eigenvalue weighted by Crippen LogP contribution is 2.15. The summed E-state index contributed by atoms with van der Waals surface area (Å²) in [5.74, 6) is -1.84. The Morgan fingerprint density at radius 2 is 1.74 bits per heavy atom. The topological polar surface area (TPSA) is 87.3 Å². The first-order valence-corrected chi connectivity index (χ1v) is 8.95. The van der Waals surface area contributed by atoms with E-state index in [2.05, 4.69) is 16.0 Å². The molecule has 0 bridgehead atoms. The number of hydrogen-bond acceptors (Lipinski definition) is 3. The summed E-state index contributed by atoms with van der Waals surface area (Å²) < 4.78 is 0. The first-order valence-electron chi connectivity index (χ1n) is 8.95. The summed E-state index contributed by atoms with van der Waals surface area (Å²) in [5.41, 5.74) is 2.69. The van der Waals surface area contributed by atoms with Crippen LogP contribution in [0, 0.1) is 6.92 Å². The third-order valence-electron chi connectivity index (χ3n) is 4.15. The van der Waals surface area contributed by atoms with Gasteiger partial charge in [0.05, 0.1) is 11.3 Å². The van der Waals surface area contributed by atoms with Crippen molar-refractivity contribution in [2.75, 3.05) is 5.32 Å². The normalized spacial score (nSPS) is 11.4. The van der Waals surface area contributed by atoms with Gasteiger partial charge in [-0.25, -0.2) is 0 Å². The standard InChI is InChI=1S/C21H25N3O3/c1-4-15(3)23-20(26)21(27)24-18-11-6-5-10-17(18)19(25)22-13-16-9-7-8-14(2)12-16/h5-12,15H,4,13H2,1-3H3,(H,22,25)(H,23,26)(H,24,27)/t15-/m1/s1. The largest absolute Gasteiger partial charge is 0.348 e. The zero-order chi connectivity index (χ0) is 19.8. The highest BCUT2D eigenvalue weighted by molar-refractivity contribution is 6.40. The van der Waals surface area contributed by atoms with E-state index in [9.17, 15) is 14.4 Å². The van der Waals surface area contributed by atoms with Gasteiger partial charge in [0.2, 0.25) is 0 Å². The molecule has 3 N–H and O–H groups in total. The first kappa shape index (κ1) is 20.2. The summed E-state index contributed by atoms with van der Waals surface area (Å²) >= 11 is 0. The van der Waals surface area contributed by atoms with Crippen LogP contribution in [-0.4, -0.2) is 23.8 Å².